The largest absolute Gasteiger partial charge is 0.480 e. The lowest BCUT2D eigenvalue weighted by molar-refractivity contribution is -0.139. The van der Waals surface area contributed by atoms with Gasteiger partial charge in [-0.15, -0.1) is 0 Å². The van der Waals surface area contributed by atoms with E-state index in [1.165, 1.54) is 0 Å². The van der Waals surface area contributed by atoms with Crippen LogP contribution in [0.1, 0.15) is 27.2 Å². The van der Waals surface area contributed by atoms with E-state index in [0.717, 1.165) is 6.66 Å². The lowest BCUT2D eigenvalue weighted by Crippen LogP contribution is -2.43. The number of rotatable bonds is 5. The predicted octanol–water partition coefficient (Wildman–Crippen LogP) is 1.25. The van der Waals surface area contributed by atoms with Crippen LogP contribution in [-0.4, -0.2) is 46.5 Å². The summed E-state index contributed by atoms with van der Waals surface area (Å²) in [7, 11) is -3.30. The van der Waals surface area contributed by atoms with Gasteiger partial charge in [-0.2, -0.15) is 0 Å². The summed E-state index contributed by atoms with van der Waals surface area (Å²) < 4.78 is 16.0. The molecule has 2 atom stereocenters. The smallest absolute Gasteiger partial charge is 0.408 e. The molecule has 0 aromatic carbocycles. The maximum absolute atomic E-state index is 11.4. The number of carbonyl (C=O) groups excluding carboxylic acids is 1. The molecule has 0 saturated carbocycles. The summed E-state index contributed by atoms with van der Waals surface area (Å²) in [5.41, 5.74) is -0.732. The molecule has 2 unspecified atom stereocenters. The molecule has 0 rings (SSSR count). The van der Waals surface area contributed by atoms with Crippen LogP contribution in [-0.2, 0) is 14.1 Å². The number of hydrogen-bond donors (Lipinski definition) is 3. The summed E-state index contributed by atoms with van der Waals surface area (Å²) in [5, 5.41) is 11.0. The highest BCUT2D eigenvalue weighted by Crippen LogP contribution is 2.36. The normalized spacial score (nSPS) is 16.5. The molecule has 0 bridgehead atoms. The van der Waals surface area contributed by atoms with Crippen LogP contribution in [0.2, 0.25) is 0 Å². The van der Waals surface area contributed by atoms with Crippen LogP contribution < -0.4 is 5.32 Å². The third-order valence-electron chi connectivity index (χ3n) is 1.82. The van der Waals surface area contributed by atoms with E-state index in [0.29, 0.717) is 0 Å². The first-order valence-electron chi connectivity index (χ1n) is 5.42. The highest BCUT2D eigenvalue weighted by molar-refractivity contribution is 7.57. The zero-order valence-electron chi connectivity index (χ0n) is 11.0. The first-order valence-corrected chi connectivity index (χ1v) is 7.71. The Morgan fingerprint density at radius 3 is 2.22 bits per heavy atom. The van der Waals surface area contributed by atoms with Crippen LogP contribution in [0, 0.1) is 0 Å². The van der Waals surface area contributed by atoms with E-state index in [9.17, 15) is 14.2 Å². The van der Waals surface area contributed by atoms with Gasteiger partial charge < -0.3 is 20.1 Å². The molecule has 0 radical (unpaired) electrons. The molecule has 0 spiro atoms. The van der Waals surface area contributed by atoms with Gasteiger partial charge in [0, 0.05) is 12.8 Å². The van der Waals surface area contributed by atoms with Gasteiger partial charge in [-0.05, 0) is 27.2 Å². The summed E-state index contributed by atoms with van der Waals surface area (Å²) in [6, 6.07) is -1.24. The molecule has 3 N–H and O–H groups in total. The monoisotopic (exact) mass is 281 g/mol. The first-order chi connectivity index (χ1) is 7.91. The second-order valence-electron chi connectivity index (χ2n) is 5.10. The Kier molecular flexibility index (Phi) is 5.83. The van der Waals surface area contributed by atoms with E-state index in [1.54, 1.807) is 20.8 Å². The Morgan fingerprint density at radius 2 is 1.89 bits per heavy atom. The van der Waals surface area contributed by atoms with E-state index in [2.05, 4.69) is 5.32 Å². The van der Waals surface area contributed by atoms with Gasteiger partial charge in [-0.25, -0.2) is 9.59 Å². The van der Waals surface area contributed by atoms with Crippen molar-refractivity contribution in [1.29, 1.82) is 0 Å². The average Bonchev–Trinajstić information content (AvgIpc) is 2.06. The Hall–Kier alpha value is -1.07. The molecule has 0 fully saturated rings. The molecule has 7 nitrogen and oxygen atoms in total. The van der Waals surface area contributed by atoms with Gasteiger partial charge >= 0.3 is 12.1 Å². The summed E-state index contributed by atoms with van der Waals surface area (Å²) in [6.45, 7) is 6.09. The topological polar surface area (TPSA) is 113 Å². The van der Waals surface area contributed by atoms with Crippen LogP contribution in [0.3, 0.4) is 0 Å². The van der Waals surface area contributed by atoms with Gasteiger partial charge in [0.15, 0.2) is 7.37 Å². The SMILES string of the molecule is CC(C)(C)OC(=O)NC(CCP(C)(=O)O)C(=O)O. The van der Waals surface area contributed by atoms with E-state index < -0.39 is 31.1 Å². The third-order valence-corrected chi connectivity index (χ3v) is 2.91. The van der Waals surface area contributed by atoms with E-state index in [4.69, 9.17) is 14.7 Å². The Bertz CT molecular complexity index is 356. The second-order valence-corrected chi connectivity index (χ2v) is 7.65. The van der Waals surface area contributed by atoms with Crippen LogP contribution in [0.15, 0.2) is 0 Å². The number of nitrogens with one attached hydrogen (secondary N) is 1. The Balaban J connectivity index is 4.42. The number of carboxylic acid groups (broad SMARTS) is 1. The molecule has 0 heterocycles. The minimum Gasteiger partial charge on any atom is -0.480 e. The van der Waals surface area contributed by atoms with Gasteiger partial charge in [0.2, 0.25) is 0 Å². The summed E-state index contributed by atoms with van der Waals surface area (Å²) in [4.78, 5) is 31.3. The van der Waals surface area contributed by atoms with Crippen molar-refractivity contribution in [2.75, 3.05) is 12.8 Å². The fourth-order valence-corrected chi connectivity index (χ4v) is 1.81. The summed E-state index contributed by atoms with van der Waals surface area (Å²) in [5.74, 6) is -1.27. The van der Waals surface area contributed by atoms with Gasteiger partial charge in [-0.3, -0.25) is 4.57 Å². The molecule has 106 valence electrons. The lowest BCUT2D eigenvalue weighted by atomic mass is 10.2. The van der Waals surface area contributed by atoms with Gasteiger partial charge in [0.1, 0.15) is 11.6 Å². The molecule has 1 amide bonds. The van der Waals surface area contributed by atoms with Crippen molar-refractivity contribution >= 4 is 19.4 Å². The number of ether oxygens (including phenoxy) is 1. The number of aliphatic carboxylic acids is 1. The molecule has 0 aromatic rings. The Morgan fingerprint density at radius 1 is 1.39 bits per heavy atom. The minimum absolute atomic E-state index is 0.126. The highest BCUT2D eigenvalue weighted by atomic mass is 31.2. The minimum atomic E-state index is -3.30. The maximum Gasteiger partial charge on any atom is 0.408 e. The molecule has 0 aromatic heterocycles. The van der Waals surface area contributed by atoms with E-state index in [1.807, 2.05) is 0 Å². The molecular weight excluding hydrogens is 261 g/mol. The predicted molar refractivity (Wildman–Crippen MR) is 66.0 cm³/mol. The zero-order chi connectivity index (χ0) is 14.6. The van der Waals surface area contributed by atoms with E-state index >= 15 is 0 Å². The molecule has 0 saturated heterocycles. The van der Waals surface area contributed by atoms with Crippen molar-refractivity contribution in [3.8, 4) is 0 Å². The number of carboxylic acids is 1. The van der Waals surface area contributed by atoms with Crippen molar-refractivity contribution in [2.24, 2.45) is 0 Å². The van der Waals surface area contributed by atoms with Crippen LogP contribution in [0.25, 0.3) is 0 Å². The fourth-order valence-electron chi connectivity index (χ4n) is 1.08. The zero-order valence-corrected chi connectivity index (χ0v) is 11.9. The summed E-state index contributed by atoms with van der Waals surface area (Å²) in [6.07, 6.45) is -1.17. The number of carbonyl (C=O) groups is 2. The van der Waals surface area contributed by atoms with Crippen molar-refractivity contribution < 1.29 is 28.9 Å². The number of hydrogen-bond acceptors (Lipinski definition) is 4. The molecule has 0 aliphatic heterocycles. The van der Waals surface area contributed by atoms with Crippen LogP contribution >= 0.6 is 7.37 Å². The maximum atomic E-state index is 11.4. The number of amides is 1. The van der Waals surface area contributed by atoms with Crippen molar-refractivity contribution in [3.63, 3.8) is 0 Å². The van der Waals surface area contributed by atoms with Crippen molar-refractivity contribution in [2.45, 2.75) is 38.8 Å². The average molecular weight is 281 g/mol. The van der Waals surface area contributed by atoms with Crippen LogP contribution in [0.5, 0.6) is 0 Å². The van der Waals surface area contributed by atoms with Crippen molar-refractivity contribution in [1.82, 2.24) is 5.32 Å². The molecule has 18 heavy (non-hydrogen) atoms. The molecule has 8 heteroatoms. The van der Waals surface area contributed by atoms with E-state index in [-0.39, 0.29) is 12.6 Å². The quantitative estimate of drug-likeness (QED) is 0.654. The number of alkyl carbamates (subject to hydrolysis) is 1. The highest BCUT2D eigenvalue weighted by Gasteiger charge is 2.25. The standard InChI is InChI=1S/C10H20NO6P/c1-10(2,3)17-9(14)11-7(8(12)13)5-6-18(4,15)16/h7H,5-6H2,1-4H3,(H,11,14)(H,12,13)(H,15,16). The second kappa shape index (κ2) is 6.20. The van der Waals surface area contributed by atoms with Gasteiger partial charge in [0.05, 0.1) is 0 Å². The van der Waals surface area contributed by atoms with Crippen LogP contribution in [0.4, 0.5) is 4.79 Å². The molecule has 0 aliphatic carbocycles. The Labute approximate surface area is 106 Å². The molecular formula is C10H20NO6P. The van der Waals surface area contributed by atoms with Crippen molar-refractivity contribution in [3.05, 3.63) is 0 Å². The first kappa shape index (κ1) is 16.9. The summed E-state index contributed by atoms with van der Waals surface area (Å²) >= 11 is 0. The third kappa shape index (κ3) is 9.01. The lowest BCUT2D eigenvalue weighted by Gasteiger charge is -2.22. The molecule has 0 aliphatic rings. The van der Waals surface area contributed by atoms with Gasteiger partial charge in [0.25, 0.3) is 0 Å². The fraction of sp³-hybridized carbons (Fsp3) is 0.800. The van der Waals surface area contributed by atoms with Gasteiger partial charge in [-0.1, -0.05) is 0 Å².